The highest BCUT2D eigenvalue weighted by atomic mass is 16.5. The van der Waals surface area contributed by atoms with E-state index in [1.54, 1.807) is 14.0 Å². The van der Waals surface area contributed by atoms with Gasteiger partial charge in [-0.2, -0.15) is 0 Å². The molecule has 0 saturated heterocycles. The predicted molar refractivity (Wildman–Crippen MR) is 71.8 cm³/mol. The second kappa shape index (κ2) is 6.46. The molecule has 20 heavy (non-hydrogen) atoms. The summed E-state index contributed by atoms with van der Waals surface area (Å²) < 4.78 is 9.83. The summed E-state index contributed by atoms with van der Waals surface area (Å²) in [5.41, 5.74) is 0.807. The van der Waals surface area contributed by atoms with Crippen LogP contribution in [-0.2, 0) is 9.53 Å². The molecule has 0 radical (unpaired) electrons. The number of aromatic nitrogens is 4. The van der Waals surface area contributed by atoms with E-state index >= 15 is 0 Å². The molecule has 104 valence electrons. The van der Waals surface area contributed by atoms with Crippen molar-refractivity contribution in [3.63, 3.8) is 0 Å². The number of hydrogen-bond donors (Lipinski definition) is 0. The van der Waals surface area contributed by atoms with Crippen LogP contribution in [0.2, 0.25) is 0 Å². The van der Waals surface area contributed by atoms with Gasteiger partial charge in [-0.1, -0.05) is 0 Å². The fraction of sp³-hybridized carbons (Fsp3) is 0.231. The van der Waals surface area contributed by atoms with Crippen LogP contribution in [0.15, 0.2) is 30.3 Å². The Hall–Kier alpha value is -2.70. The van der Waals surface area contributed by atoms with Gasteiger partial charge in [0.25, 0.3) is 0 Å². The number of methoxy groups -OCH3 is 1. The molecule has 0 aliphatic carbocycles. The van der Waals surface area contributed by atoms with Crippen LogP contribution in [-0.4, -0.2) is 39.9 Å². The van der Waals surface area contributed by atoms with Gasteiger partial charge >= 0.3 is 5.97 Å². The Balaban J connectivity index is 2.09. The Bertz CT molecular complexity index is 604. The molecular weight excluding hydrogens is 260 g/mol. The minimum atomic E-state index is -0.448. The molecule has 0 saturated carbocycles. The van der Waals surface area contributed by atoms with E-state index in [1.807, 2.05) is 24.3 Å². The molecule has 1 heterocycles. The van der Waals surface area contributed by atoms with Crippen molar-refractivity contribution in [1.29, 1.82) is 0 Å². The van der Waals surface area contributed by atoms with Crippen LogP contribution in [0.5, 0.6) is 5.75 Å². The second-order valence-electron chi connectivity index (χ2n) is 3.73. The topological polar surface area (TPSA) is 79.1 Å². The third kappa shape index (κ3) is 3.41. The lowest BCUT2D eigenvalue weighted by atomic mass is 10.2. The van der Waals surface area contributed by atoms with E-state index in [-0.39, 0.29) is 0 Å². The SMILES string of the molecule is CCOC(=O)/C=C/n1nnc(-c2ccc(OC)cc2)n1. The Morgan fingerprint density at radius 1 is 1.35 bits per heavy atom. The lowest BCUT2D eigenvalue weighted by Gasteiger charge is -1.98. The van der Waals surface area contributed by atoms with Crippen molar-refractivity contribution in [1.82, 2.24) is 20.2 Å². The normalized spacial score (nSPS) is 10.7. The standard InChI is InChI=1S/C13H14N4O3/c1-3-20-12(18)8-9-17-15-13(14-16-17)10-4-6-11(19-2)7-5-10/h4-9H,3H2,1-2H3/b9-8+. The molecular formula is C13H14N4O3. The number of rotatable bonds is 5. The van der Waals surface area contributed by atoms with Gasteiger partial charge in [0.05, 0.1) is 19.9 Å². The molecule has 7 nitrogen and oxygen atoms in total. The van der Waals surface area contributed by atoms with Crippen LogP contribution in [0.3, 0.4) is 0 Å². The first-order valence-corrected chi connectivity index (χ1v) is 6.02. The first-order chi connectivity index (χ1) is 9.72. The molecule has 0 atom stereocenters. The monoisotopic (exact) mass is 274 g/mol. The van der Waals surface area contributed by atoms with Crippen LogP contribution >= 0.6 is 0 Å². The highest BCUT2D eigenvalue weighted by molar-refractivity contribution is 5.84. The Labute approximate surface area is 115 Å². The molecule has 2 aromatic rings. The van der Waals surface area contributed by atoms with Gasteiger partial charge in [-0.25, -0.2) is 4.79 Å². The second-order valence-corrected chi connectivity index (χ2v) is 3.73. The maximum Gasteiger partial charge on any atom is 0.332 e. The lowest BCUT2D eigenvalue weighted by molar-refractivity contribution is -0.137. The molecule has 0 amide bonds. The van der Waals surface area contributed by atoms with Crippen molar-refractivity contribution >= 4 is 12.2 Å². The summed E-state index contributed by atoms with van der Waals surface area (Å²) in [6, 6.07) is 7.28. The van der Waals surface area contributed by atoms with E-state index in [0.29, 0.717) is 12.4 Å². The molecule has 7 heteroatoms. The highest BCUT2D eigenvalue weighted by Gasteiger charge is 2.05. The minimum Gasteiger partial charge on any atom is -0.497 e. The first kappa shape index (κ1) is 13.7. The zero-order valence-electron chi connectivity index (χ0n) is 11.2. The van der Waals surface area contributed by atoms with Crippen LogP contribution < -0.4 is 4.74 Å². The van der Waals surface area contributed by atoms with Gasteiger partial charge in [-0.3, -0.25) is 0 Å². The fourth-order valence-corrected chi connectivity index (χ4v) is 1.46. The summed E-state index contributed by atoms with van der Waals surface area (Å²) in [5.74, 6) is 0.764. The summed E-state index contributed by atoms with van der Waals surface area (Å²) in [6.07, 6.45) is 2.63. The maximum absolute atomic E-state index is 11.2. The van der Waals surface area contributed by atoms with Crippen LogP contribution in [0.25, 0.3) is 17.6 Å². The molecule has 0 aliphatic heterocycles. The van der Waals surface area contributed by atoms with E-state index in [2.05, 4.69) is 15.4 Å². The van der Waals surface area contributed by atoms with Gasteiger partial charge < -0.3 is 9.47 Å². The Kier molecular flexibility index (Phi) is 4.43. The quantitative estimate of drug-likeness (QED) is 0.605. The molecule has 0 unspecified atom stereocenters. The zero-order valence-corrected chi connectivity index (χ0v) is 11.2. The number of carbonyl (C=O) groups excluding carboxylic acids is 1. The van der Waals surface area contributed by atoms with E-state index < -0.39 is 5.97 Å². The molecule has 0 fully saturated rings. The van der Waals surface area contributed by atoms with Crippen LogP contribution in [0.4, 0.5) is 0 Å². The summed E-state index contributed by atoms with van der Waals surface area (Å²) in [7, 11) is 1.60. The minimum absolute atomic E-state index is 0.324. The highest BCUT2D eigenvalue weighted by Crippen LogP contribution is 2.18. The Morgan fingerprint density at radius 2 is 2.10 bits per heavy atom. The van der Waals surface area contributed by atoms with Crippen molar-refractivity contribution in [2.75, 3.05) is 13.7 Å². The van der Waals surface area contributed by atoms with Crippen molar-refractivity contribution < 1.29 is 14.3 Å². The van der Waals surface area contributed by atoms with Gasteiger partial charge in [0, 0.05) is 11.6 Å². The molecule has 2 rings (SSSR count). The van der Waals surface area contributed by atoms with E-state index in [0.717, 1.165) is 11.3 Å². The maximum atomic E-state index is 11.2. The van der Waals surface area contributed by atoms with Gasteiger partial charge in [-0.05, 0) is 36.4 Å². The van der Waals surface area contributed by atoms with Crippen LogP contribution in [0.1, 0.15) is 6.92 Å². The summed E-state index contributed by atoms with van der Waals surface area (Å²) in [5, 5.41) is 11.8. The van der Waals surface area contributed by atoms with E-state index in [9.17, 15) is 4.79 Å². The number of carbonyl (C=O) groups is 1. The summed E-state index contributed by atoms with van der Waals surface area (Å²) >= 11 is 0. The number of nitrogens with zero attached hydrogens (tertiary/aromatic N) is 4. The van der Waals surface area contributed by atoms with E-state index in [4.69, 9.17) is 9.47 Å². The van der Waals surface area contributed by atoms with Gasteiger partial charge in [-0.15, -0.1) is 15.0 Å². The van der Waals surface area contributed by atoms with Crippen molar-refractivity contribution in [3.8, 4) is 17.1 Å². The molecule has 0 aliphatic rings. The van der Waals surface area contributed by atoms with Gasteiger partial charge in [0.15, 0.2) is 0 Å². The zero-order chi connectivity index (χ0) is 14.4. The predicted octanol–water partition coefficient (Wildman–Crippen LogP) is 1.38. The van der Waals surface area contributed by atoms with Crippen molar-refractivity contribution in [2.45, 2.75) is 6.92 Å². The molecule has 1 aromatic heterocycles. The van der Waals surface area contributed by atoms with E-state index in [1.165, 1.54) is 17.1 Å². The number of esters is 1. The largest absolute Gasteiger partial charge is 0.497 e. The average Bonchev–Trinajstić information content (AvgIpc) is 2.94. The number of benzene rings is 1. The fourth-order valence-electron chi connectivity index (χ4n) is 1.46. The lowest BCUT2D eigenvalue weighted by Crippen LogP contribution is -2.01. The van der Waals surface area contributed by atoms with Crippen molar-refractivity contribution in [3.05, 3.63) is 30.3 Å². The smallest absolute Gasteiger partial charge is 0.332 e. The van der Waals surface area contributed by atoms with Gasteiger partial charge in [0.2, 0.25) is 5.82 Å². The van der Waals surface area contributed by atoms with Gasteiger partial charge in [0.1, 0.15) is 5.75 Å². The third-order valence-corrected chi connectivity index (χ3v) is 2.41. The van der Waals surface area contributed by atoms with Crippen LogP contribution in [0, 0.1) is 0 Å². The molecule has 0 bridgehead atoms. The molecule has 0 N–H and O–H groups in total. The Morgan fingerprint density at radius 3 is 2.75 bits per heavy atom. The first-order valence-electron chi connectivity index (χ1n) is 6.02. The molecule has 0 spiro atoms. The van der Waals surface area contributed by atoms with Crippen molar-refractivity contribution in [2.24, 2.45) is 0 Å². The summed E-state index contributed by atoms with van der Waals surface area (Å²) in [4.78, 5) is 12.4. The number of tetrazole rings is 1. The average molecular weight is 274 g/mol. The summed E-state index contributed by atoms with van der Waals surface area (Å²) in [6.45, 7) is 2.06. The number of ether oxygens (including phenoxy) is 2. The number of hydrogen-bond acceptors (Lipinski definition) is 6. The molecule has 1 aromatic carbocycles. The third-order valence-electron chi connectivity index (χ3n) is 2.41.